The molecule has 1 rings (SSSR count). The molecule has 6 heteroatoms. The normalized spacial score (nSPS) is 11.7. The number of rotatable bonds is 5. The van der Waals surface area contributed by atoms with Gasteiger partial charge in [-0.05, 0) is 6.92 Å². The zero-order valence-electron chi connectivity index (χ0n) is 12.7. The predicted molar refractivity (Wildman–Crippen MR) is 99.2 cm³/mol. The quantitative estimate of drug-likeness (QED) is 0.340. The molecule has 114 valence electrons. The molecule has 2 N–H and O–H groups in total. The average Bonchev–Trinajstić information content (AvgIpc) is 2.81. The monoisotopic (exact) mass is 408 g/mol. The number of halogens is 1. The number of hydrogen-bond acceptors (Lipinski definition) is 3. The van der Waals surface area contributed by atoms with Gasteiger partial charge in [-0.1, -0.05) is 26.8 Å². The van der Waals surface area contributed by atoms with Crippen molar-refractivity contribution < 1.29 is 0 Å². The van der Waals surface area contributed by atoms with Crippen LogP contribution in [-0.4, -0.2) is 24.0 Å². The van der Waals surface area contributed by atoms with Crippen LogP contribution < -0.4 is 10.6 Å². The third-order valence-corrected chi connectivity index (χ3v) is 3.28. The minimum atomic E-state index is 0. The van der Waals surface area contributed by atoms with Crippen molar-refractivity contribution in [2.75, 3.05) is 13.1 Å². The first-order valence-corrected chi connectivity index (χ1v) is 7.43. The summed E-state index contributed by atoms with van der Waals surface area (Å²) in [4.78, 5) is 9.14. The maximum Gasteiger partial charge on any atom is 0.191 e. The van der Waals surface area contributed by atoms with Crippen molar-refractivity contribution in [2.45, 2.75) is 39.7 Å². The number of nitrogens with zero attached hydrogens (tertiary/aromatic N) is 2. The van der Waals surface area contributed by atoms with Gasteiger partial charge >= 0.3 is 0 Å². The van der Waals surface area contributed by atoms with Crippen LogP contribution in [0.4, 0.5) is 0 Å². The summed E-state index contributed by atoms with van der Waals surface area (Å²) in [6.07, 6.45) is 1.81. The second kappa shape index (κ2) is 9.33. The van der Waals surface area contributed by atoms with E-state index in [1.807, 2.05) is 13.0 Å². The van der Waals surface area contributed by atoms with E-state index in [0.29, 0.717) is 13.1 Å². The SMILES string of the molecule is C=CCNC(=NCc1nc(C(C)(C)C)cs1)NCC.I. The van der Waals surface area contributed by atoms with Gasteiger partial charge in [0.1, 0.15) is 5.01 Å². The molecule has 1 heterocycles. The number of guanidine groups is 1. The fourth-order valence-corrected chi connectivity index (χ4v) is 2.33. The fourth-order valence-electron chi connectivity index (χ4n) is 1.39. The number of aliphatic imine (C=N–C) groups is 1. The van der Waals surface area contributed by atoms with Crippen LogP contribution >= 0.6 is 35.3 Å². The molecule has 0 radical (unpaired) electrons. The Morgan fingerprint density at radius 3 is 2.65 bits per heavy atom. The van der Waals surface area contributed by atoms with Crippen LogP contribution in [0.25, 0.3) is 0 Å². The van der Waals surface area contributed by atoms with E-state index in [1.165, 1.54) is 0 Å². The number of nitrogens with one attached hydrogen (secondary N) is 2. The van der Waals surface area contributed by atoms with Crippen molar-refractivity contribution in [1.29, 1.82) is 0 Å². The summed E-state index contributed by atoms with van der Waals surface area (Å²) in [6, 6.07) is 0. The van der Waals surface area contributed by atoms with Crippen LogP contribution in [0.3, 0.4) is 0 Å². The first-order valence-electron chi connectivity index (χ1n) is 6.55. The predicted octanol–water partition coefficient (Wildman–Crippen LogP) is 3.30. The van der Waals surface area contributed by atoms with Crippen molar-refractivity contribution in [1.82, 2.24) is 15.6 Å². The minimum Gasteiger partial charge on any atom is -0.357 e. The van der Waals surface area contributed by atoms with Crippen LogP contribution in [0.2, 0.25) is 0 Å². The molecule has 0 aliphatic rings. The van der Waals surface area contributed by atoms with E-state index >= 15 is 0 Å². The molecule has 1 aromatic rings. The highest BCUT2D eigenvalue weighted by Crippen LogP contribution is 2.24. The van der Waals surface area contributed by atoms with Gasteiger partial charge in [0.2, 0.25) is 0 Å². The van der Waals surface area contributed by atoms with Gasteiger partial charge in [0, 0.05) is 23.9 Å². The summed E-state index contributed by atoms with van der Waals surface area (Å²) in [5.41, 5.74) is 1.23. The van der Waals surface area contributed by atoms with Crippen molar-refractivity contribution >= 4 is 41.3 Å². The van der Waals surface area contributed by atoms with Gasteiger partial charge in [-0.25, -0.2) is 9.98 Å². The first-order chi connectivity index (χ1) is 8.97. The molecule has 0 saturated heterocycles. The topological polar surface area (TPSA) is 49.3 Å². The van der Waals surface area contributed by atoms with Gasteiger partial charge in [-0.3, -0.25) is 0 Å². The number of hydrogen-bond donors (Lipinski definition) is 2. The highest BCUT2D eigenvalue weighted by atomic mass is 127. The van der Waals surface area contributed by atoms with E-state index in [2.05, 4.69) is 53.3 Å². The molecule has 0 fully saturated rings. The molecule has 0 atom stereocenters. The van der Waals surface area contributed by atoms with E-state index in [1.54, 1.807) is 11.3 Å². The molecule has 0 unspecified atom stereocenters. The van der Waals surface area contributed by atoms with E-state index in [-0.39, 0.29) is 29.4 Å². The molecule has 0 amide bonds. The van der Waals surface area contributed by atoms with E-state index in [4.69, 9.17) is 0 Å². The van der Waals surface area contributed by atoms with Gasteiger partial charge in [-0.2, -0.15) is 0 Å². The maximum absolute atomic E-state index is 4.63. The lowest BCUT2D eigenvalue weighted by Gasteiger charge is -2.14. The van der Waals surface area contributed by atoms with E-state index < -0.39 is 0 Å². The van der Waals surface area contributed by atoms with Crippen LogP contribution in [-0.2, 0) is 12.0 Å². The second-order valence-corrected chi connectivity index (χ2v) is 6.18. The third kappa shape index (κ3) is 6.69. The molecule has 0 aliphatic heterocycles. The first kappa shape index (κ1) is 19.4. The summed E-state index contributed by atoms with van der Waals surface area (Å²) >= 11 is 1.67. The van der Waals surface area contributed by atoms with Crippen LogP contribution in [0.5, 0.6) is 0 Å². The Hall–Kier alpha value is -0.630. The summed E-state index contributed by atoms with van der Waals surface area (Å²) in [6.45, 7) is 14.4. The van der Waals surface area contributed by atoms with Crippen molar-refractivity contribution in [3.05, 3.63) is 28.7 Å². The Morgan fingerprint density at radius 2 is 2.15 bits per heavy atom. The average molecular weight is 408 g/mol. The van der Waals surface area contributed by atoms with Crippen LogP contribution in [0.1, 0.15) is 38.4 Å². The Bertz CT molecular complexity index is 435. The largest absolute Gasteiger partial charge is 0.357 e. The molecular weight excluding hydrogens is 383 g/mol. The highest BCUT2D eigenvalue weighted by Gasteiger charge is 2.17. The van der Waals surface area contributed by atoms with Crippen molar-refractivity contribution in [3.63, 3.8) is 0 Å². The van der Waals surface area contributed by atoms with E-state index in [0.717, 1.165) is 23.2 Å². The Kier molecular flexibility index (Phi) is 9.04. The van der Waals surface area contributed by atoms with Gasteiger partial charge < -0.3 is 10.6 Å². The van der Waals surface area contributed by atoms with Gasteiger partial charge in [-0.15, -0.1) is 41.9 Å². The Labute approximate surface area is 143 Å². The molecular formula is C14H25IN4S. The minimum absolute atomic E-state index is 0. The molecule has 20 heavy (non-hydrogen) atoms. The van der Waals surface area contributed by atoms with E-state index in [9.17, 15) is 0 Å². The standard InChI is InChI=1S/C14H24N4S.HI/c1-6-8-16-13(15-7-2)17-9-12-18-11(10-19-12)14(3,4)5;/h6,10H,1,7-9H2,2-5H3,(H2,15,16,17);1H. The van der Waals surface area contributed by atoms with Crippen LogP contribution in [0.15, 0.2) is 23.0 Å². The molecule has 0 spiro atoms. The zero-order chi connectivity index (χ0) is 14.3. The highest BCUT2D eigenvalue weighted by molar-refractivity contribution is 14.0. The second-order valence-electron chi connectivity index (χ2n) is 5.24. The molecule has 0 aromatic carbocycles. The molecule has 0 bridgehead atoms. The molecule has 1 aromatic heterocycles. The van der Waals surface area contributed by atoms with Gasteiger partial charge in [0.15, 0.2) is 5.96 Å². The number of thiazole rings is 1. The molecule has 4 nitrogen and oxygen atoms in total. The zero-order valence-corrected chi connectivity index (χ0v) is 15.8. The summed E-state index contributed by atoms with van der Waals surface area (Å²) < 4.78 is 0. The van der Waals surface area contributed by atoms with Crippen molar-refractivity contribution in [2.24, 2.45) is 4.99 Å². The van der Waals surface area contributed by atoms with Crippen LogP contribution in [0, 0.1) is 0 Å². The smallest absolute Gasteiger partial charge is 0.191 e. The summed E-state index contributed by atoms with van der Waals surface area (Å²) in [5.74, 6) is 0.801. The van der Waals surface area contributed by atoms with Gasteiger partial charge in [0.25, 0.3) is 0 Å². The Balaban J connectivity index is 0.00000361. The molecule has 0 aliphatic carbocycles. The molecule has 0 saturated carbocycles. The van der Waals surface area contributed by atoms with Gasteiger partial charge in [0.05, 0.1) is 12.2 Å². The summed E-state index contributed by atoms with van der Waals surface area (Å²) in [7, 11) is 0. The number of aromatic nitrogens is 1. The lowest BCUT2D eigenvalue weighted by atomic mass is 9.93. The summed E-state index contributed by atoms with van der Waals surface area (Å²) in [5, 5.41) is 9.53. The van der Waals surface area contributed by atoms with Crippen molar-refractivity contribution in [3.8, 4) is 0 Å². The Morgan fingerprint density at radius 1 is 1.45 bits per heavy atom. The maximum atomic E-state index is 4.63. The lowest BCUT2D eigenvalue weighted by Crippen LogP contribution is -2.37. The fraction of sp³-hybridized carbons (Fsp3) is 0.571. The lowest BCUT2D eigenvalue weighted by molar-refractivity contribution is 0.571. The third-order valence-electron chi connectivity index (χ3n) is 2.45.